The minimum absolute atomic E-state index is 0.143. The predicted octanol–water partition coefficient (Wildman–Crippen LogP) is 2.25. The van der Waals surface area contributed by atoms with Crippen molar-refractivity contribution in [2.24, 2.45) is 0 Å². The SMILES string of the molecule is CCP(=O)(CC)CCCC(=O)O. The molecule has 0 bridgehead atoms. The first kappa shape index (κ1) is 11.7. The Hall–Kier alpha value is -0.300. The van der Waals surface area contributed by atoms with Gasteiger partial charge in [-0.3, -0.25) is 4.79 Å². The lowest BCUT2D eigenvalue weighted by Crippen LogP contribution is -2.00. The molecule has 0 aliphatic carbocycles. The molecule has 0 aromatic carbocycles. The Morgan fingerprint density at radius 1 is 1.33 bits per heavy atom. The molecule has 0 heterocycles. The van der Waals surface area contributed by atoms with E-state index in [1.165, 1.54) is 0 Å². The first-order valence-corrected chi connectivity index (χ1v) is 6.59. The van der Waals surface area contributed by atoms with Gasteiger partial charge in [-0.25, -0.2) is 0 Å². The van der Waals surface area contributed by atoms with Gasteiger partial charge in [-0.2, -0.15) is 0 Å². The molecule has 0 saturated carbocycles. The number of hydrogen-bond donors (Lipinski definition) is 1. The molecule has 0 amide bonds. The molecular formula is C8H17O3P. The molecule has 3 nitrogen and oxygen atoms in total. The van der Waals surface area contributed by atoms with E-state index in [0.717, 1.165) is 0 Å². The van der Waals surface area contributed by atoms with Gasteiger partial charge in [-0.05, 0) is 18.7 Å². The van der Waals surface area contributed by atoms with Gasteiger partial charge in [0.05, 0.1) is 7.14 Å². The van der Waals surface area contributed by atoms with Gasteiger partial charge in [-0.15, -0.1) is 0 Å². The van der Waals surface area contributed by atoms with Crippen LogP contribution < -0.4 is 0 Å². The summed E-state index contributed by atoms with van der Waals surface area (Å²) < 4.78 is 11.7. The van der Waals surface area contributed by atoms with E-state index in [1.54, 1.807) is 0 Å². The van der Waals surface area contributed by atoms with Gasteiger partial charge in [0.15, 0.2) is 0 Å². The van der Waals surface area contributed by atoms with Crippen LogP contribution in [0.5, 0.6) is 0 Å². The average molecular weight is 192 g/mol. The number of carboxylic acid groups (broad SMARTS) is 1. The maximum absolute atomic E-state index is 11.7. The van der Waals surface area contributed by atoms with Crippen LogP contribution in [0.2, 0.25) is 0 Å². The zero-order valence-corrected chi connectivity index (χ0v) is 8.64. The summed E-state index contributed by atoms with van der Waals surface area (Å²) in [7, 11) is -2.00. The van der Waals surface area contributed by atoms with Crippen LogP contribution in [-0.2, 0) is 9.36 Å². The first-order chi connectivity index (χ1) is 5.54. The largest absolute Gasteiger partial charge is 0.481 e. The molecule has 0 aliphatic heterocycles. The summed E-state index contributed by atoms with van der Waals surface area (Å²) in [5, 5.41) is 8.37. The third kappa shape index (κ3) is 4.55. The normalized spacial score (nSPS) is 11.5. The van der Waals surface area contributed by atoms with Crippen molar-refractivity contribution in [3.05, 3.63) is 0 Å². The molecule has 0 aromatic rings. The van der Waals surface area contributed by atoms with Crippen molar-refractivity contribution in [3.8, 4) is 0 Å². The van der Waals surface area contributed by atoms with Crippen molar-refractivity contribution < 1.29 is 14.5 Å². The highest BCUT2D eigenvalue weighted by atomic mass is 31.2. The number of hydrogen-bond acceptors (Lipinski definition) is 2. The molecule has 0 aromatic heterocycles. The summed E-state index contributed by atoms with van der Waals surface area (Å²) in [5.74, 6) is -0.797. The molecule has 0 unspecified atom stereocenters. The smallest absolute Gasteiger partial charge is 0.303 e. The third-order valence-electron chi connectivity index (χ3n) is 2.11. The van der Waals surface area contributed by atoms with Crippen molar-refractivity contribution in [3.63, 3.8) is 0 Å². The summed E-state index contributed by atoms with van der Waals surface area (Å²) in [6, 6.07) is 0. The Morgan fingerprint density at radius 3 is 2.17 bits per heavy atom. The molecule has 0 spiro atoms. The molecule has 1 N–H and O–H groups in total. The number of carboxylic acids is 1. The minimum Gasteiger partial charge on any atom is -0.481 e. The van der Waals surface area contributed by atoms with E-state index >= 15 is 0 Å². The highest BCUT2D eigenvalue weighted by Gasteiger charge is 2.16. The molecular weight excluding hydrogens is 175 g/mol. The monoisotopic (exact) mass is 192 g/mol. The fourth-order valence-corrected chi connectivity index (χ4v) is 2.87. The zero-order chi connectivity index (χ0) is 9.61. The quantitative estimate of drug-likeness (QED) is 0.656. The Bertz CT molecular complexity index is 181. The lowest BCUT2D eigenvalue weighted by atomic mass is 10.3. The van der Waals surface area contributed by atoms with Crippen LogP contribution in [0.25, 0.3) is 0 Å². The third-order valence-corrected chi connectivity index (χ3v) is 5.55. The Labute approximate surface area is 73.5 Å². The van der Waals surface area contributed by atoms with Gasteiger partial charge < -0.3 is 9.67 Å². The second-order valence-electron chi connectivity index (χ2n) is 2.91. The summed E-state index contributed by atoms with van der Waals surface area (Å²) in [6.07, 6.45) is 2.68. The molecule has 0 radical (unpaired) electrons. The van der Waals surface area contributed by atoms with Gasteiger partial charge >= 0.3 is 5.97 Å². The van der Waals surface area contributed by atoms with Gasteiger partial charge in [0.2, 0.25) is 0 Å². The Balaban J connectivity index is 3.74. The summed E-state index contributed by atoms with van der Waals surface area (Å²) in [6.45, 7) is 3.82. The van der Waals surface area contributed by atoms with Crippen LogP contribution in [0, 0.1) is 0 Å². The highest BCUT2D eigenvalue weighted by molar-refractivity contribution is 7.63. The fraction of sp³-hybridized carbons (Fsp3) is 0.875. The van der Waals surface area contributed by atoms with E-state index in [1.807, 2.05) is 13.8 Å². The maximum Gasteiger partial charge on any atom is 0.303 e. The molecule has 0 aliphatic rings. The van der Waals surface area contributed by atoms with Crippen LogP contribution in [0.15, 0.2) is 0 Å². The van der Waals surface area contributed by atoms with Gasteiger partial charge in [-0.1, -0.05) is 13.8 Å². The number of aliphatic carboxylic acids is 1. The Morgan fingerprint density at radius 2 is 1.83 bits per heavy atom. The molecule has 0 fully saturated rings. The summed E-state index contributed by atoms with van der Waals surface area (Å²) in [5.41, 5.74) is 0. The zero-order valence-electron chi connectivity index (χ0n) is 7.75. The molecule has 0 atom stereocenters. The molecule has 72 valence electrons. The van der Waals surface area contributed by atoms with Crippen LogP contribution in [0.4, 0.5) is 0 Å². The first-order valence-electron chi connectivity index (χ1n) is 4.33. The van der Waals surface area contributed by atoms with Crippen molar-refractivity contribution in [2.75, 3.05) is 18.5 Å². The van der Waals surface area contributed by atoms with E-state index in [4.69, 9.17) is 5.11 Å². The molecule has 0 saturated heterocycles. The van der Waals surface area contributed by atoms with Crippen LogP contribution in [-0.4, -0.2) is 29.6 Å². The van der Waals surface area contributed by atoms with E-state index in [2.05, 4.69) is 0 Å². The van der Waals surface area contributed by atoms with E-state index in [9.17, 15) is 9.36 Å². The minimum atomic E-state index is -2.00. The lowest BCUT2D eigenvalue weighted by Gasteiger charge is -2.12. The number of rotatable bonds is 6. The van der Waals surface area contributed by atoms with Crippen molar-refractivity contribution in [1.29, 1.82) is 0 Å². The van der Waals surface area contributed by atoms with Crippen LogP contribution in [0.1, 0.15) is 26.7 Å². The van der Waals surface area contributed by atoms with E-state index in [-0.39, 0.29) is 6.42 Å². The predicted molar refractivity (Wildman–Crippen MR) is 50.4 cm³/mol. The van der Waals surface area contributed by atoms with Gasteiger partial charge in [0.1, 0.15) is 0 Å². The Kier molecular flexibility index (Phi) is 5.23. The van der Waals surface area contributed by atoms with Crippen molar-refractivity contribution in [2.45, 2.75) is 26.7 Å². The maximum atomic E-state index is 11.7. The van der Waals surface area contributed by atoms with Crippen LogP contribution in [0.3, 0.4) is 0 Å². The number of carbonyl (C=O) groups is 1. The average Bonchev–Trinajstić information content (AvgIpc) is 2.03. The van der Waals surface area contributed by atoms with E-state index in [0.29, 0.717) is 24.9 Å². The second kappa shape index (κ2) is 5.36. The highest BCUT2D eigenvalue weighted by Crippen LogP contribution is 2.45. The second-order valence-corrected chi connectivity index (χ2v) is 6.74. The van der Waals surface area contributed by atoms with E-state index < -0.39 is 13.1 Å². The fourth-order valence-electron chi connectivity index (χ4n) is 1.06. The molecule has 12 heavy (non-hydrogen) atoms. The molecule has 0 rings (SSSR count). The van der Waals surface area contributed by atoms with Gasteiger partial charge in [0.25, 0.3) is 0 Å². The van der Waals surface area contributed by atoms with Crippen molar-refractivity contribution in [1.82, 2.24) is 0 Å². The topological polar surface area (TPSA) is 54.4 Å². The van der Waals surface area contributed by atoms with Crippen molar-refractivity contribution >= 4 is 13.1 Å². The van der Waals surface area contributed by atoms with Crippen LogP contribution >= 0.6 is 7.14 Å². The lowest BCUT2D eigenvalue weighted by molar-refractivity contribution is -0.137. The summed E-state index contributed by atoms with van der Waals surface area (Å²) in [4.78, 5) is 10.2. The molecule has 4 heteroatoms. The summed E-state index contributed by atoms with van der Waals surface area (Å²) >= 11 is 0. The van der Waals surface area contributed by atoms with Gasteiger partial charge in [0, 0.05) is 12.6 Å². The standard InChI is InChI=1S/C8H17O3P/c1-3-12(11,4-2)7-5-6-8(9)10/h3-7H2,1-2H3,(H,9,10).